The van der Waals surface area contributed by atoms with Crippen molar-refractivity contribution in [2.45, 2.75) is 45.4 Å². The molecule has 1 aliphatic heterocycles. The Morgan fingerprint density at radius 1 is 1.21 bits per heavy atom. The third-order valence-corrected chi connectivity index (χ3v) is 4.27. The number of piperidine rings is 1. The van der Waals surface area contributed by atoms with Gasteiger partial charge in [-0.25, -0.2) is 9.97 Å². The maximum absolute atomic E-state index is 4.88. The number of anilines is 2. The first-order chi connectivity index (χ1) is 9.19. The van der Waals surface area contributed by atoms with E-state index in [4.69, 9.17) is 4.98 Å². The summed E-state index contributed by atoms with van der Waals surface area (Å²) in [6.07, 6.45) is 5.12. The van der Waals surface area contributed by atoms with E-state index in [0.717, 1.165) is 36.5 Å². The lowest BCUT2D eigenvalue weighted by atomic mass is 10.00. The van der Waals surface area contributed by atoms with Crippen LogP contribution < -0.4 is 10.2 Å². The minimum absolute atomic E-state index is 0.605. The van der Waals surface area contributed by atoms with Crippen LogP contribution in [0.1, 0.15) is 49.9 Å². The molecule has 0 aromatic carbocycles. The number of rotatable bonds is 3. The highest BCUT2D eigenvalue weighted by Crippen LogP contribution is 2.40. The van der Waals surface area contributed by atoms with E-state index in [1.165, 1.54) is 31.2 Å². The van der Waals surface area contributed by atoms with Crippen LogP contribution in [0.3, 0.4) is 0 Å². The van der Waals surface area contributed by atoms with E-state index in [2.05, 4.69) is 29.0 Å². The molecule has 2 aliphatic rings. The van der Waals surface area contributed by atoms with E-state index >= 15 is 0 Å². The maximum atomic E-state index is 4.88. The SMILES string of the molecule is CNc1nc(C2CC2)nc(N2CCCC(C)C2)c1C. The number of nitrogens with zero attached hydrogens (tertiary/aromatic N) is 3. The zero-order valence-electron chi connectivity index (χ0n) is 12.2. The largest absolute Gasteiger partial charge is 0.373 e. The summed E-state index contributed by atoms with van der Waals surface area (Å²) >= 11 is 0. The second-order valence-electron chi connectivity index (χ2n) is 6.10. The van der Waals surface area contributed by atoms with Crippen molar-refractivity contribution in [2.75, 3.05) is 30.4 Å². The lowest BCUT2D eigenvalue weighted by molar-refractivity contribution is 0.443. The zero-order valence-corrected chi connectivity index (χ0v) is 12.2. The van der Waals surface area contributed by atoms with Gasteiger partial charge in [-0.1, -0.05) is 6.92 Å². The first-order valence-corrected chi connectivity index (χ1v) is 7.50. The summed E-state index contributed by atoms with van der Waals surface area (Å²) in [5, 5.41) is 3.23. The van der Waals surface area contributed by atoms with Crippen molar-refractivity contribution in [3.63, 3.8) is 0 Å². The predicted octanol–water partition coefficient (Wildman–Crippen LogP) is 2.94. The third-order valence-electron chi connectivity index (χ3n) is 4.27. The van der Waals surface area contributed by atoms with E-state index in [0.29, 0.717) is 5.92 Å². The van der Waals surface area contributed by atoms with Crippen LogP contribution in [0.25, 0.3) is 0 Å². The summed E-state index contributed by atoms with van der Waals surface area (Å²) in [5.74, 6) is 4.58. The molecule has 4 heteroatoms. The van der Waals surface area contributed by atoms with Crippen LogP contribution >= 0.6 is 0 Å². The van der Waals surface area contributed by atoms with E-state index in [-0.39, 0.29) is 0 Å². The van der Waals surface area contributed by atoms with Crippen molar-refractivity contribution in [2.24, 2.45) is 5.92 Å². The molecule has 1 saturated carbocycles. The second kappa shape index (κ2) is 4.99. The molecule has 0 amide bonds. The van der Waals surface area contributed by atoms with Gasteiger partial charge in [0.2, 0.25) is 0 Å². The molecule has 3 rings (SSSR count). The number of nitrogens with one attached hydrogen (secondary N) is 1. The molecule has 4 nitrogen and oxygen atoms in total. The van der Waals surface area contributed by atoms with Crippen molar-refractivity contribution < 1.29 is 0 Å². The molecule has 1 saturated heterocycles. The van der Waals surface area contributed by atoms with Gasteiger partial charge in [-0.05, 0) is 38.5 Å². The van der Waals surface area contributed by atoms with E-state index in [1.54, 1.807) is 0 Å². The molecule has 1 aliphatic carbocycles. The van der Waals surface area contributed by atoms with Gasteiger partial charge in [-0.3, -0.25) is 0 Å². The molecule has 104 valence electrons. The highest BCUT2D eigenvalue weighted by Gasteiger charge is 2.29. The first kappa shape index (κ1) is 12.7. The van der Waals surface area contributed by atoms with Crippen LogP contribution in [0.4, 0.5) is 11.6 Å². The molecule has 1 aromatic heterocycles. The fourth-order valence-corrected chi connectivity index (χ4v) is 2.98. The minimum Gasteiger partial charge on any atom is -0.373 e. The smallest absolute Gasteiger partial charge is 0.137 e. The van der Waals surface area contributed by atoms with Gasteiger partial charge in [-0.15, -0.1) is 0 Å². The fraction of sp³-hybridized carbons (Fsp3) is 0.733. The fourth-order valence-electron chi connectivity index (χ4n) is 2.98. The molecule has 1 aromatic rings. The predicted molar refractivity (Wildman–Crippen MR) is 78.9 cm³/mol. The molecule has 19 heavy (non-hydrogen) atoms. The van der Waals surface area contributed by atoms with Gasteiger partial charge in [0, 0.05) is 31.6 Å². The molecular weight excluding hydrogens is 236 g/mol. The van der Waals surface area contributed by atoms with Crippen molar-refractivity contribution in [3.8, 4) is 0 Å². The standard InChI is InChI=1S/C15H24N4/c1-10-5-4-8-19(9-10)15-11(2)13(16-3)17-14(18-15)12-6-7-12/h10,12H,4-9H2,1-3H3,(H,16,17,18). The normalized spacial score (nSPS) is 23.5. The molecular formula is C15H24N4. The van der Waals surface area contributed by atoms with Crippen LogP contribution in [-0.2, 0) is 0 Å². The van der Waals surface area contributed by atoms with E-state index in [9.17, 15) is 0 Å². The van der Waals surface area contributed by atoms with Crippen molar-refractivity contribution in [1.29, 1.82) is 0 Å². The number of hydrogen-bond acceptors (Lipinski definition) is 4. The Bertz CT molecular complexity index is 467. The quantitative estimate of drug-likeness (QED) is 0.907. The topological polar surface area (TPSA) is 41.1 Å². The van der Waals surface area contributed by atoms with Crippen molar-refractivity contribution >= 4 is 11.6 Å². The van der Waals surface area contributed by atoms with Gasteiger partial charge in [0.15, 0.2) is 0 Å². The first-order valence-electron chi connectivity index (χ1n) is 7.50. The summed E-state index contributed by atoms with van der Waals surface area (Å²) in [5.41, 5.74) is 1.20. The Kier molecular flexibility index (Phi) is 3.33. The van der Waals surface area contributed by atoms with Gasteiger partial charge >= 0.3 is 0 Å². The minimum atomic E-state index is 0.605. The summed E-state index contributed by atoms with van der Waals surface area (Å²) in [4.78, 5) is 12.0. The van der Waals surface area contributed by atoms with Crippen LogP contribution in [0.2, 0.25) is 0 Å². The zero-order chi connectivity index (χ0) is 13.4. The lowest BCUT2D eigenvalue weighted by Crippen LogP contribution is -2.35. The summed E-state index contributed by atoms with van der Waals surface area (Å²) in [6.45, 7) is 6.74. The highest BCUT2D eigenvalue weighted by molar-refractivity contribution is 5.59. The summed E-state index contributed by atoms with van der Waals surface area (Å²) in [6, 6.07) is 0. The molecule has 0 radical (unpaired) electrons. The van der Waals surface area contributed by atoms with Gasteiger partial charge < -0.3 is 10.2 Å². The highest BCUT2D eigenvalue weighted by atomic mass is 15.2. The molecule has 2 heterocycles. The molecule has 2 fully saturated rings. The Morgan fingerprint density at radius 2 is 2.00 bits per heavy atom. The summed E-state index contributed by atoms with van der Waals surface area (Å²) in [7, 11) is 1.95. The Morgan fingerprint density at radius 3 is 2.63 bits per heavy atom. The second-order valence-corrected chi connectivity index (χ2v) is 6.10. The van der Waals surface area contributed by atoms with Crippen LogP contribution in [-0.4, -0.2) is 30.1 Å². The monoisotopic (exact) mass is 260 g/mol. The van der Waals surface area contributed by atoms with E-state index in [1.807, 2.05) is 7.05 Å². The molecule has 0 spiro atoms. The average molecular weight is 260 g/mol. The maximum Gasteiger partial charge on any atom is 0.137 e. The van der Waals surface area contributed by atoms with Crippen LogP contribution in [0.15, 0.2) is 0 Å². The van der Waals surface area contributed by atoms with Gasteiger partial charge in [0.25, 0.3) is 0 Å². The molecule has 1 N–H and O–H groups in total. The van der Waals surface area contributed by atoms with Gasteiger partial charge in [0.1, 0.15) is 17.5 Å². The van der Waals surface area contributed by atoms with Gasteiger partial charge in [-0.2, -0.15) is 0 Å². The van der Waals surface area contributed by atoms with Crippen molar-refractivity contribution in [1.82, 2.24) is 9.97 Å². The lowest BCUT2D eigenvalue weighted by Gasteiger charge is -2.33. The number of hydrogen-bond donors (Lipinski definition) is 1. The van der Waals surface area contributed by atoms with Gasteiger partial charge in [0.05, 0.1) is 0 Å². The molecule has 1 unspecified atom stereocenters. The number of aromatic nitrogens is 2. The Labute approximate surface area is 115 Å². The Balaban J connectivity index is 1.95. The van der Waals surface area contributed by atoms with Crippen LogP contribution in [0.5, 0.6) is 0 Å². The molecule has 1 atom stereocenters. The average Bonchev–Trinajstić information content (AvgIpc) is 3.23. The Hall–Kier alpha value is -1.32. The summed E-state index contributed by atoms with van der Waals surface area (Å²) < 4.78 is 0. The third kappa shape index (κ3) is 2.53. The van der Waals surface area contributed by atoms with Crippen molar-refractivity contribution in [3.05, 3.63) is 11.4 Å². The van der Waals surface area contributed by atoms with E-state index < -0.39 is 0 Å². The molecule has 0 bridgehead atoms. The van der Waals surface area contributed by atoms with Crippen LogP contribution in [0, 0.1) is 12.8 Å².